The van der Waals surface area contributed by atoms with Gasteiger partial charge in [-0.05, 0) is 49.9 Å². The number of fused-ring (bicyclic) bond motifs is 3. The normalized spacial score (nSPS) is 20.2. The van der Waals surface area contributed by atoms with E-state index in [1.165, 1.54) is 19.5 Å². The molecule has 2 aliphatic heterocycles. The zero-order chi connectivity index (χ0) is 27.4. The van der Waals surface area contributed by atoms with Crippen LogP contribution < -0.4 is 10.5 Å². The van der Waals surface area contributed by atoms with Crippen molar-refractivity contribution < 1.29 is 13.9 Å². The number of aromatic nitrogens is 7. The summed E-state index contributed by atoms with van der Waals surface area (Å²) >= 11 is 0. The van der Waals surface area contributed by atoms with Crippen molar-refractivity contribution in [1.29, 1.82) is 0 Å². The fourth-order valence-corrected chi connectivity index (χ4v) is 6.15. The van der Waals surface area contributed by atoms with Gasteiger partial charge in [0.15, 0.2) is 17.2 Å². The number of pyridine rings is 1. The van der Waals surface area contributed by atoms with E-state index >= 15 is 0 Å². The lowest BCUT2D eigenvalue weighted by molar-refractivity contribution is 0.0557. The molecule has 7 rings (SSSR count). The Kier molecular flexibility index (Phi) is 5.68. The van der Waals surface area contributed by atoms with Gasteiger partial charge in [-0.3, -0.25) is 9.78 Å². The van der Waals surface area contributed by atoms with Gasteiger partial charge in [0.1, 0.15) is 12.1 Å². The number of ether oxygens (including phenoxy) is 1. The number of nitrogen functional groups attached to an aromatic ring is 1. The van der Waals surface area contributed by atoms with Gasteiger partial charge in [0.2, 0.25) is 5.82 Å². The van der Waals surface area contributed by atoms with E-state index in [0.29, 0.717) is 22.7 Å². The number of methoxy groups -OCH3 is 1. The third-order valence-corrected chi connectivity index (χ3v) is 8.05. The first-order chi connectivity index (χ1) is 19.5. The molecule has 2 bridgehead atoms. The molecule has 0 radical (unpaired) electrons. The fourth-order valence-electron chi connectivity index (χ4n) is 6.15. The van der Waals surface area contributed by atoms with Crippen LogP contribution >= 0.6 is 0 Å². The number of hydrogen-bond donors (Lipinski definition) is 2. The molecule has 11 nitrogen and oxygen atoms in total. The molecule has 2 fully saturated rings. The molecule has 3 atom stereocenters. The van der Waals surface area contributed by atoms with E-state index in [0.717, 1.165) is 42.5 Å². The lowest BCUT2D eigenvalue weighted by Gasteiger charge is -2.38. The summed E-state index contributed by atoms with van der Waals surface area (Å²) in [5.41, 5.74) is 10.9. The molecule has 40 heavy (non-hydrogen) atoms. The van der Waals surface area contributed by atoms with E-state index in [9.17, 15) is 9.18 Å². The van der Waals surface area contributed by atoms with Crippen LogP contribution in [0.4, 0.5) is 10.2 Å². The van der Waals surface area contributed by atoms with Crippen LogP contribution in [0.1, 0.15) is 47.9 Å². The third-order valence-electron chi connectivity index (χ3n) is 8.05. The van der Waals surface area contributed by atoms with Crippen molar-refractivity contribution in [3.63, 3.8) is 0 Å². The zero-order valence-corrected chi connectivity index (χ0v) is 21.7. The van der Waals surface area contributed by atoms with Crippen LogP contribution in [0.3, 0.4) is 0 Å². The molecule has 0 unspecified atom stereocenters. The van der Waals surface area contributed by atoms with E-state index in [4.69, 9.17) is 15.5 Å². The minimum Gasteiger partial charge on any atom is -0.494 e. The van der Waals surface area contributed by atoms with Gasteiger partial charge in [-0.25, -0.2) is 9.37 Å². The summed E-state index contributed by atoms with van der Waals surface area (Å²) in [4.78, 5) is 27.4. The molecule has 2 saturated heterocycles. The second-order valence-electron chi connectivity index (χ2n) is 10.3. The number of carbonyl (C=O) groups is 1. The number of halogens is 1. The van der Waals surface area contributed by atoms with E-state index < -0.39 is 5.82 Å². The van der Waals surface area contributed by atoms with Crippen molar-refractivity contribution in [1.82, 2.24) is 39.7 Å². The summed E-state index contributed by atoms with van der Waals surface area (Å²) in [6.45, 7) is 0. The molecule has 12 heteroatoms. The molecule has 3 N–H and O–H groups in total. The number of amides is 1. The first kappa shape index (κ1) is 24.2. The van der Waals surface area contributed by atoms with Gasteiger partial charge < -0.3 is 20.4 Å². The first-order valence-corrected chi connectivity index (χ1v) is 13.1. The fraction of sp³-hybridized carbons (Fsp3) is 0.286. The Balaban J connectivity index is 1.17. The molecule has 1 amide bonds. The topological polar surface area (TPSA) is 140 Å². The molecule has 0 spiro atoms. The molecule has 1 aromatic carbocycles. The second-order valence-corrected chi connectivity index (χ2v) is 10.3. The highest BCUT2D eigenvalue weighted by Gasteiger charge is 2.45. The van der Waals surface area contributed by atoms with Gasteiger partial charge in [0.05, 0.1) is 19.0 Å². The van der Waals surface area contributed by atoms with Crippen LogP contribution in [-0.4, -0.2) is 64.8 Å². The molecular formula is C28H26FN9O2. The van der Waals surface area contributed by atoms with Crippen LogP contribution in [0.5, 0.6) is 5.75 Å². The predicted octanol–water partition coefficient (Wildman–Crippen LogP) is 3.86. The predicted molar refractivity (Wildman–Crippen MR) is 144 cm³/mol. The maximum Gasteiger partial charge on any atom is 0.292 e. The standard InChI is InChI=1S/C28H26FN9O2/c1-40-24-7-3-15(10-21(24)29)22-6-2-16(12-31-22)20-13-34-38-25(30)11-23(35-27(20)38)17-8-18-4-5-19(9-17)37(18)28(39)26-32-14-33-36-26/h2-3,6-7,10-14,17-19H,4-5,8-9,30H2,1H3,(H,32,33,36)/t17-,18+,19-. The number of benzene rings is 1. The average Bonchev–Trinajstić information content (AvgIpc) is 3.71. The van der Waals surface area contributed by atoms with Gasteiger partial charge in [-0.2, -0.15) is 9.61 Å². The van der Waals surface area contributed by atoms with Crippen molar-refractivity contribution in [2.75, 3.05) is 12.8 Å². The Hall–Kier alpha value is -4.87. The van der Waals surface area contributed by atoms with Crippen molar-refractivity contribution in [3.05, 3.63) is 72.5 Å². The Bertz CT molecular complexity index is 1700. The SMILES string of the molecule is COc1ccc(-c2ccc(-c3cnn4c(N)cc([C@H]5C[C@H]6CC[C@@H](C5)N6C(=O)c5nnc[nH]5)nc34)cn2)cc1F. The van der Waals surface area contributed by atoms with Gasteiger partial charge in [-0.1, -0.05) is 6.07 Å². The largest absolute Gasteiger partial charge is 0.494 e. The number of anilines is 1. The van der Waals surface area contributed by atoms with Crippen molar-refractivity contribution in [2.24, 2.45) is 0 Å². The van der Waals surface area contributed by atoms with E-state index in [1.54, 1.807) is 29.0 Å². The van der Waals surface area contributed by atoms with Gasteiger partial charge >= 0.3 is 0 Å². The Morgan fingerprint density at radius 3 is 2.58 bits per heavy atom. The van der Waals surface area contributed by atoms with Crippen molar-refractivity contribution in [3.8, 4) is 28.1 Å². The summed E-state index contributed by atoms with van der Waals surface area (Å²) in [5, 5.41) is 12.1. The van der Waals surface area contributed by atoms with Crippen LogP contribution in [0.2, 0.25) is 0 Å². The monoisotopic (exact) mass is 539 g/mol. The van der Waals surface area contributed by atoms with E-state index in [2.05, 4.69) is 25.3 Å². The number of hydrogen-bond acceptors (Lipinski definition) is 8. The average molecular weight is 540 g/mol. The smallest absolute Gasteiger partial charge is 0.292 e. The van der Waals surface area contributed by atoms with Crippen LogP contribution in [-0.2, 0) is 0 Å². The van der Waals surface area contributed by atoms with Gasteiger partial charge in [0.25, 0.3) is 5.91 Å². The molecular weight excluding hydrogens is 513 g/mol. The number of nitrogens with zero attached hydrogens (tertiary/aromatic N) is 7. The summed E-state index contributed by atoms with van der Waals surface area (Å²) in [6, 6.07) is 10.6. The van der Waals surface area contributed by atoms with E-state index in [-0.39, 0.29) is 35.5 Å². The second kappa shape index (κ2) is 9.40. The number of carbonyl (C=O) groups excluding carboxylic acids is 1. The maximum absolute atomic E-state index is 14.2. The number of nitrogens with one attached hydrogen (secondary N) is 1. The number of nitrogens with two attached hydrogens (primary N) is 1. The lowest BCUT2D eigenvalue weighted by atomic mass is 9.87. The Morgan fingerprint density at radius 1 is 1.10 bits per heavy atom. The molecule has 0 aliphatic carbocycles. The first-order valence-electron chi connectivity index (χ1n) is 13.1. The molecule has 4 aromatic heterocycles. The number of H-pyrrole nitrogens is 1. The lowest BCUT2D eigenvalue weighted by Crippen LogP contribution is -2.46. The van der Waals surface area contributed by atoms with Gasteiger partial charge in [0, 0.05) is 52.6 Å². The quantitative estimate of drug-likeness (QED) is 0.343. The van der Waals surface area contributed by atoms with Crippen LogP contribution in [0, 0.1) is 5.82 Å². The molecule has 0 saturated carbocycles. The van der Waals surface area contributed by atoms with E-state index in [1.807, 2.05) is 23.1 Å². The highest BCUT2D eigenvalue weighted by molar-refractivity contribution is 5.91. The highest BCUT2D eigenvalue weighted by atomic mass is 19.1. The number of aromatic amines is 1. The molecule has 202 valence electrons. The molecule has 6 heterocycles. The summed E-state index contributed by atoms with van der Waals surface area (Å²) < 4.78 is 20.8. The number of rotatable bonds is 5. The van der Waals surface area contributed by atoms with Crippen molar-refractivity contribution >= 4 is 17.4 Å². The number of piperidine rings is 1. The third kappa shape index (κ3) is 3.94. The van der Waals surface area contributed by atoms with Crippen LogP contribution in [0.25, 0.3) is 28.0 Å². The minimum atomic E-state index is -0.442. The van der Waals surface area contributed by atoms with Crippen molar-refractivity contribution in [2.45, 2.75) is 43.7 Å². The molecule has 2 aliphatic rings. The summed E-state index contributed by atoms with van der Waals surface area (Å²) in [5.74, 6) is 0.583. The highest BCUT2D eigenvalue weighted by Crippen LogP contribution is 2.43. The summed E-state index contributed by atoms with van der Waals surface area (Å²) in [6.07, 6.45) is 8.39. The Labute approximate surface area is 228 Å². The summed E-state index contributed by atoms with van der Waals surface area (Å²) in [7, 11) is 1.43. The van der Waals surface area contributed by atoms with Gasteiger partial charge in [-0.15, -0.1) is 10.2 Å². The maximum atomic E-state index is 14.2. The zero-order valence-electron chi connectivity index (χ0n) is 21.7. The molecule has 5 aromatic rings. The minimum absolute atomic E-state index is 0.0993. The van der Waals surface area contributed by atoms with Crippen LogP contribution in [0.15, 0.2) is 55.1 Å². The Morgan fingerprint density at radius 2 is 1.90 bits per heavy atom.